The Bertz CT molecular complexity index is 667. The highest BCUT2D eigenvalue weighted by atomic mass is 19.2. The molecule has 20 heavy (non-hydrogen) atoms. The van der Waals surface area contributed by atoms with E-state index in [-0.39, 0.29) is 11.3 Å². The number of aromatic nitrogens is 4. The standard InChI is InChI=1S/C12H11F2N5O/c1-7-2-3-8(10(14)9(7)13)16-11(20)12(4-5-12)19-6-15-17-18-19/h2-3,6H,4-5H2,1H3,(H,16,20). The highest BCUT2D eigenvalue weighted by molar-refractivity contribution is 5.98. The summed E-state index contributed by atoms with van der Waals surface area (Å²) in [5.41, 5.74) is -0.892. The van der Waals surface area contributed by atoms with Gasteiger partial charge in [-0.25, -0.2) is 13.5 Å². The molecular weight excluding hydrogens is 268 g/mol. The second-order valence-electron chi connectivity index (χ2n) is 4.80. The van der Waals surface area contributed by atoms with Gasteiger partial charge >= 0.3 is 0 Å². The van der Waals surface area contributed by atoms with Crippen LogP contribution in [0.25, 0.3) is 0 Å². The Labute approximate surface area is 112 Å². The number of amides is 1. The third-order valence-corrected chi connectivity index (χ3v) is 3.46. The van der Waals surface area contributed by atoms with Gasteiger partial charge in [-0.15, -0.1) is 5.10 Å². The zero-order chi connectivity index (χ0) is 14.3. The Hall–Kier alpha value is -2.38. The molecule has 0 saturated heterocycles. The zero-order valence-corrected chi connectivity index (χ0v) is 10.6. The minimum absolute atomic E-state index is 0.183. The van der Waals surface area contributed by atoms with Gasteiger partial charge in [0.25, 0.3) is 5.91 Å². The first-order valence-corrected chi connectivity index (χ1v) is 6.04. The molecule has 1 N–H and O–H groups in total. The summed E-state index contributed by atoms with van der Waals surface area (Å²) in [4.78, 5) is 12.2. The maximum Gasteiger partial charge on any atom is 0.252 e. The molecule has 1 amide bonds. The normalized spacial score (nSPS) is 15.9. The molecule has 8 heteroatoms. The molecule has 1 aliphatic rings. The van der Waals surface area contributed by atoms with Crippen molar-refractivity contribution in [2.75, 3.05) is 5.32 Å². The van der Waals surface area contributed by atoms with Crippen LogP contribution in [0.5, 0.6) is 0 Å². The van der Waals surface area contributed by atoms with Crippen LogP contribution in [0.2, 0.25) is 0 Å². The van der Waals surface area contributed by atoms with E-state index >= 15 is 0 Å². The number of nitrogens with one attached hydrogen (secondary N) is 1. The summed E-state index contributed by atoms with van der Waals surface area (Å²) >= 11 is 0. The number of tetrazole rings is 1. The first-order chi connectivity index (χ1) is 9.54. The molecule has 1 aromatic carbocycles. The van der Waals surface area contributed by atoms with Crippen molar-refractivity contribution in [2.24, 2.45) is 0 Å². The molecule has 0 radical (unpaired) electrons. The summed E-state index contributed by atoms with van der Waals surface area (Å²) in [7, 11) is 0. The van der Waals surface area contributed by atoms with Crippen molar-refractivity contribution in [1.29, 1.82) is 0 Å². The van der Waals surface area contributed by atoms with Crippen LogP contribution in [-0.2, 0) is 10.3 Å². The van der Waals surface area contributed by atoms with Crippen LogP contribution in [0.4, 0.5) is 14.5 Å². The van der Waals surface area contributed by atoms with Crippen molar-refractivity contribution >= 4 is 11.6 Å². The lowest BCUT2D eigenvalue weighted by atomic mass is 10.2. The number of rotatable bonds is 3. The van der Waals surface area contributed by atoms with Gasteiger partial charge in [0.1, 0.15) is 11.9 Å². The number of halogens is 2. The lowest BCUT2D eigenvalue weighted by Gasteiger charge is -2.15. The molecule has 0 bridgehead atoms. The number of nitrogens with zero attached hydrogens (tertiary/aromatic N) is 4. The molecule has 0 aliphatic heterocycles. The van der Waals surface area contributed by atoms with E-state index in [2.05, 4.69) is 20.8 Å². The van der Waals surface area contributed by atoms with Gasteiger partial charge in [0.05, 0.1) is 5.69 Å². The van der Waals surface area contributed by atoms with Gasteiger partial charge in [-0.1, -0.05) is 6.07 Å². The molecule has 0 unspecified atom stereocenters. The molecule has 3 rings (SSSR count). The third-order valence-electron chi connectivity index (χ3n) is 3.46. The van der Waals surface area contributed by atoms with E-state index in [0.29, 0.717) is 12.8 Å². The molecule has 6 nitrogen and oxygen atoms in total. The van der Waals surface area contributed by atoms with Gasteiger partial charge in [0.15, 0.2) is 11.6 Å². The summed E-state index contributed by atoms with van der Waals surface area (Å²) in [5.74, 6) is -2.48. The highest BCUT2D eigenvalue weighted by Gasteiger charge is 2.53. The van der Waals surface area contributed by atoms with Crippen molar-refractivity contribution in [1.82, 2.24) is 20.2 Å². The summed E-state index contributed by atoms with van der Waals surface area (Å²) in [6.45, 7) is 1.45. The van der Waals surface area contributed by atoms with Crippen LogP contribution < -0.4 is 5.32 Å². The Morgan fingerprint density at radius 3 is 2.70 bits per heavy atom. The van der Waals surface area contributed by atoms with Crippen molar-refractivity contribution in [3.8, 4) is 0 Å². The molecule has 1 saturated carbocycles. The second kappa shape index (κ2) is 4.32. The number of hydrogen-bond acceptors (Lipinski definition) is 4. The summed E-state index contributed by atoms with van der Waals surface area (Å²) in [5, 5.41) is 13.1. The minimum Gasteiger partial charge on any atom is -0.321 e. The van der Waals surface area contributed by atoms with Gasteiger partial charge in [-0.3, -0.25) is 4.79 Å². The van der Waals surface area contributed by atoms with Crippen molar-refractivity contribution in [2.45, 2.75) is 25.3 Å². The van der Waals surface area contributed by atoms with Crippen LogP contribution in [0.15, 0.2) is 18.5 Å². The van der Waals surface area contributed by atoms with Gasteiger partial charge < -0.3 is 5.32 Å². The van der Waals surface area contributed by atoms with Gasteiger partial charge in [0, 0.05) is 0 Å². The molecule has 104 valence electrons. The van der Waals surface area contributed by atoms with Crippen molar-refractivity contribution in [3.05, 3.63) is 35.7 Å². The monoisotopic (exact) mass is 279 g/mol. The van der Waals surface area contributed by atoms with Crippen molar-refractivity contribution < 1.29 is 13.6 Å². The predicted octanol–water partition coefficient (Wildman–Crippen LogP) is 1.39. The van der Waals surface area contributed by atoms with E-state index in [1.54, 1.807) is 0 Å². The number of aryl methyl sites for hydroxylation is 1. The Balaban J connectivity index is 1.86. The average molecular weight is 279 g/mol. The van der Waals surface area contributed by atoms with Crippen LogP contribution >= 0.6 is 0 Å². The minimum atomic E-state index is -1.06. The fourth-order valence-corrected chi connectivity index (χ4v) is 2.02. The largest absolute Gasteiger partial charge is 0.321 e. The SMILES string of the molecule is Cc1ccc(NC(=O)C2(n3cnnn3)CC2)c(F)c1F. The van der Waals surface area contributed by atoms with Crippen LogP contribution in [0, 0.1) is 18.6 Å². The molecular formula is C12H11F2N5O. The maximum absolute atomic E-state index is 13.7. The molecule has 0 spiro atoms. The van der Waals surface area contributed by atoms with Gasteiger partial charge in [0.2, 0.25) is 0 Å². The van der Waals surface area contributed by atoms with Crippen LogP contribution in [-0.4, -0.2) is 26.1 Å². The summed E-state index contributed by atoms with van der Waals surface area (Å²) < 4.78 is 28.5. The van der Waals surface area contributed by atoms with E-state index in [4.69, 9.17) is 0 Å². The number of hydrogen-bond donors (Lipinski definition) is 1. The lowest BCUT2D eigenvalue weighted by molar-refractivity contribution is -0.120. The van der Waals surface area contributed by atoms with Gasteiger partial charge in [-0.2, -0.15) is 0 Å². The molecule has 1 aromatic heterocycles. The van der Waals surface area contributed by atoms with Crippen LogP contribution in [0.3, 0.4) is 0 Å². The molecule has 1 aliphatic carbocycles. The fraction of sp³-hybridized carbons (Fsp3) is 0.333. The van der Waals surface area contributed by atoms with E-state index in [1.165, 1.54) is 30.1 Å². The van der Waals surface area contributed by atoms with Gasteiger partial charge in [-0.05, 0) is 41.8 Å². The van der Waals surface area contributed by atoms with Crippen LogP contribution in [0.1, 0.15) is 18.4 Å². The highest BCUT2D eigenvalue weighted by Crippen LogP contribution is 2.43. The third kappa shape index (κ3) is 1.84. The first-order valence-electron chi connectivity index (χ1n) is 6.04. The average Bonchev–Trinajstić information content (AvgIpc) is 3.07. The number of anilines is 1. The quantitative estimate of drug-likeness (QED) is 0.921. The smallest absolute Gasteiger partial charge is 0.252 e. The molecule has 1 heterocycles. The van der Waals surface area contributed by atoms with E-state index in [1.807, 2.05) is 0 Å². The topological polar surface area (TPSA) is 72.7 Å². The Morgan fingerprint density at radius 1 is 1.35 bits per heavy atom. The number of benzene rings is 1. The number of carbonyl (C=O) groups excluding carboxylic acids is 1. The van der Waals surface area contributed by atoms with E-state index in [9.17, 15) is 13.6 Å². The van der Waals surface area contributed by atoms with Crippen molar-refractivity contribution in [3.63, 3.8) is 0 Å². The maximum atomic E-state index is 13.7. The predicted molar refractivity (Wildman–Crippen MR) is 64.7 cm³/mol. The van der Waals surface area contributed by atoms with E-state index in [0.717, 1.165) is 0 Å². The first kappa shape index (κ1) is 12.6. The Kier molecular flexibility index (Phi) is 2.73. The lowest BCUT2D eigenvalue weighted by Crippen LogP contribution is -2.34. The zero-order valence-electron chi connectivity index (χ0n) is 10.6. The second-order valence-corrected chi connectivity index (χ2v) is 4.80. The van der Waals surface area contributed by atoms with E-state index < -0.39 is 23.1 Å². The fourth-order valence-electron chi connectivity index (χ4n) is 2.02. The Morgan fingerprint density at radius 2 is 2.10 bits per heavy atom. The summed E-state index contributed by atoms with van der Waals surface area (Å²) in [6, 6.07) is 2.74. The molecule has 0 atom stereocenters. The number of carbonyl (C=O) groups is 1. The summed E-state index contributed by atoms with van der Waals surface area (Å²) in [6.07, 6.45) is 2.44. The molecule has 1 fully saturated rings. The molecule has 2 aromatic rings.